The Bertz CT molecular complexity index is 684. The zero-order valence-electron chi connectivity index (χ0n) is 25.5. The first kappa shape index (κ1) is 29.0. The fourth-order valence-electron chi connectivity index (χ4n) is 11.2. The summed E-state index contributed by atoms with van der Waals surface area (Å²) in [6.07, 6.45) is 22.1. The summed E-state index contributed by atoms with van der Waals surface area (Å²) in [6, 6.07) is 0. The summed E-state index contributed by atoms with van der Waals surface area (Å²) in [5.41, 5.74) is 1.07. The molecule has 0 bridgehead atoms. The number of hydrogen-bond acceptors (Lipinski definition) is 1. The molecular weight excluding hydrogens is 436 g/mol. The van der Waals surface area contributed by atoms with E-state index in [0.717, 1.165) is 66.1 Å². The summed E-state index contributed by atoms with van der Waals surface area (Å²) in [5, 5.41) is 11.0. The fourth-order valence-corrected chi connectivity index (χ4v) is 11.2. The molecule has 4 aliphatic carbocycles. The Morgan fingerprint density at radius 2 is 1.61 bits per heavy atom. The van der Waals surface area contributed by atoms with Crippen LogP contribution in [-0.2, 0) is 0 Å². The number of rotatable bonds is 11. The highest BCUT2D eigenvalue weighted by Gasteiger charge is 2.62. The normalized spacial score (nSPS) is 44.1. The van der Waals surface area contributed by atoms with E-state index < -0.39 is 0 Å². The molecule has 0 aromatic heterocycles. The largest absolute Gasteiger partial charge is 0.393 e. The van der Waals surface area contributed by atoms with Crippen LogP contribution in [0.4, 0.5) is 0 Å². The van der Waals surface area contributed by atoms with E-state index in [1.807, 2.05) is 0 Å². The Morgan fingerprint density at radius 1 is 0.833 bits per heavy atom. The SMILES string of the molecule is CCCCC(CC)CC1C[C@@H](O)C[C@H]2CC[C@@H]3[C@@H]4CC[C@H]([C@H](C)CCCC(C)C)[C@@]4(C)CC[C@@H]3[C@]12C. The molecule has 4 rings (SSSR count). The maximum Gasteiger partial charge on any atom is 0.0546 e. The monoisotopic (exact) mass is 500 g/mol. The Kier molecular flexibility index (Phi) is 9.65. The van der Waals surface area contributed by atoms with Crippen molar-refractivity contribution >= 4 is 0 Å². The van der Waals surface area contributed by atoms with Crippen molar-refractivity contribution in [1.82, 2.24) is 0 Å². The highest BCUT2D eigenvalue weighted by Crippen LogP contribution is 2.69. The molecule has 1 heteroatoms. The van der Waals surface area contributed by atoms with E-state index in [1.165, 1.54) is 89.9 Å². The van der Waals surface area contributed by atoms with Gasteiger partial charge < -0.3 is 5.11 Å². The van der Waals surface area contributed by atoms with Crippen LogP contribution in [0.15, 0.2) is 0 Å². The van der Waals surface area contributed by atoms with E-state index in [9.17, 15) is 5.11 Å². The predicted octanol–water partition coefficient (Wildman–Crippen LogP) is 10.3. The van der Waals surface area contributed by atoms with Gasteiger partial charge in [-0.15, -0.1) is 0 Å². The fraction of sp³-hybridized carbons (Fsp3) is 1.00. The van der Waals surface area contributed by atoms with Crippen LogP contribution in [0.2, 0.25) is 0 Å². The smallest absolute Gasteiger partial charge is 0.0546 e. The van der Waals surface area contributed by atoms with Gasteiger partial charge in [0.25, 0.3) is 0 Å². The lowest BCUT2D eigenvalue weighted by Gasteiger charge is -2.64. The minimum absolute atomic E-state index is 0.0373. The van der Waals surface area contributed by atoms with Crippen molar-refractivity contribution in [1.29, 1.82) is 0 Å². The van der Waals surface area contributed by atoms with Gasteiger partial charge >= 0.3 is 0 Å². The molecule has 0 heterocycles. The van der Waals surface area contributed by atoms with Gasteiger partial charge in [-0.2, -0.15) is 0 Å². The maximum atomic E-state index is 11.0. The third kappa shape index (κ3) is 5.49. The first-order valence-corrected chi connectivity index (χ1v) is 16.8. The summed E-state index contributed by atoms with van der Waals surface area (Å²) in [7, 11) is 0. The first-order chi connectivity index (χ1) is 17.1. The Morgan fingerprint density at radius 3 is 2.31 bits per heavy atom. The van der Waals surface area contributed by atoms with Crippen LogP contribution in [0.25, 0.3) is 0 Å². The van der Waals surface area contributed by atoms with E-state index in [1.54, 1.807) is 0 Å². The van der Waals surface area contributed by atoms with Crippen molar-refractivity contribution < 1.29 is 5.11 Å². The molecule has 0 amide bonds. The average molecular weight is 501 g/mol. The topological polar surface area (TPSA) is 20.2 Å². The lowest BCUT2D eigenvalue weighted by Crippen LogP contribution is -2.57. The van der Waals surface area contributed by atoms with Crippen LogP contribution in [0.3, 0.4) is 0 Å². The Hall–Kier alpha value is -0.0400. The van der Waals surface area contributed by atoms with E-state index >= 15 is 0 Å². The van der Waals surface area contributed by atoms with Crippen molar-refractivity contribution in [2.45, 2.75) is 157 Å². The number of aliphatic hydroxyl groups excluding tert-OH is 1. The number of unbranched alkanes of at least 4 members (excludes halogenated alkanes) is 1. The molecule has 0 saturated heterocycles. The van der Waals surface area contributed by atoms with E-state index in [0.29, 0.717) is 10.8 Å². The highest BCUT2D eigenvalue weighted by atomic mass is 16.3. The van der Waals surface area contributed by atoms with Crippen molar-refractivity contribution in [3.8, 4) is 0 Å². The standard InChI is InChI=1S/C35H64O/c1-8-10-14-26(9-2)21-28-23-29(36)22-27-15-16-30-32-18-17-31(25(5)13-11-12-24(3)4)34(32,6)20-19-33(30)35(27,28)7/h24-33,36H,8-23H2,1-7H3/t25-,26?,27-,28?,29+,30-,31-,32+,33+,34-,35+/m1/s1. The van der Waals surface area contributed by atoms with Crippen LogP contribution in [-0.4, -0.2) is 11.2 Å². The summed E-state index contributed by atoms with van der Waals surface area (Å²) < 4.78 is 0. The summed E-state index contributed by atoms with van der Waals surface area (Å²) in [6.45, 7) is 17.7. The van der Waals surface area contributed by atoms with Gasteiger partial charge in [-0.05, 0) is 122 Å². The van der Waals surface area contributed by atoms with Crippen molar-refractivity contribution in [3.63, 3.8) is 0 Å². The molecule has 11 atom stereocenters. The van der Waals surface area contributed by atoms with Gasteiger partial charge in [-0.1, -0.05) is 93.4 Å². The van der Waals surface area contributed by atoms with Gasteiger partial charge in [-0.3, -0.25) is 0 Å². The summed E-state index contributed by atoms with van der Waals surface area (Å²) in [4.78, 5) is 0. The van der Waals surface area contributed by atoms with Crippen LogP contribution in [0.1, 0.15) is 151 Å². The van der Waals surface area contributed by atoms with Crippen molar-refractivity contribution in [2.24, 2.45) is 64.1 Å². The van der Waals surface area contributed by atoms with Gasteiger partial charge in [0.15, 0.2) is 0 Å². The second kappa shape index (κ2) is 12.0. The number of hydrogen-bond donors (Lipinski definition) is 1. The van der Waals surface area contributed by atoms with Crippen LogP contribution in [0.5, 0.6) is 0 Å². The lowest BCUT2D eigenvalue weighted by atomic mass is 9.41. The molecule has 0 radical (unpaired) electrons. The third-order valence-corrected chi connectivity index (χ3v) is 13.3. The molecule has 0 aromatic carbocycles. The molecule has 0 aliphatic heterocycles. The van der Waals surface area contributed by atoms with Crippen LogP contribution < -0.4 is 0 Å². The van der Waals surface area contributed by atoms with E-state index in [2.05, 4.69) is 48.5 Å². The molecule has 4 saturated carbocycles. The molecule has 36 heavy (non-hydrogen) atoms. The summed E-state index contributed by atoms with van der Waals surface area (Å²) in [5.74, 6) is 7.97. The Balaban J connectivity index is 1.51. The van der Waals surface area contributed by atoms with E-state index in [4.69, 9.17) is 0 Å². The van der Waals surface area contributed by atoms with Gasteiger partial charge in [0.2, 0.25) is 0 Å². The van der Waals surface area contributed by atoms with Crippen LogP contribution >= 0.6 is 0 Å². The molecule has 1 nitrogen and oxygen atoms in total. The molecule has 210 valence electrons. The molecule has 1 N–H and O–H groups in total. The molecular formula is C35H64O. The van der Waals surface area contributed by atoms with Crippen molar-refractivity contribution in [3.05, 3.63) is 0 Å². The van der Waals surface area contributed by atoms with Crippen LogP contribution in [0, 0.1) is 64.1 Å². The minimum Gasteiger partial charge on any atom is -0.393 e. The molecule has 0 aromatic rings. The van der Waals surface area contributed by atoms with Gasteiger partial charge in [0.05, 0.1) is 6.10 Å². The predicted molar refractivity (Wildman–Crippen MR) is 156 cm³/mol. The second-order valence-electron chi connectivity index (χ2n) is 15.5. The van der Waals surface area contributed by atoms with Gasteiger partial charge in [0.1, 0.15) is 0 Å². The lowest BCUT2D eigenvalue weighted by molar-refractivity contribution is -0.161. The third-order valence-electron chi connectivity index (χ3n) is 13.3. The van der Waals surface area contributed by atoms with Gasteiger partial charge in [0, 0.05) is 0 Å². The highest BCUT2D eigenvalue weighted by molar-refractivity contribution is 5.11. The summed E-state index contributed by atoms with van der Waals surface area (Å²) >= 11 is 0. The molecule has 4 aliphatic rings. The van der Waals surface area contributed by atoms with Crippen molar-refractivity contribution in [2.75, 3.05) is 0 Å². The number of fused-ring (bicyclic) bond motifs is 5. The zero-order chi connectivity index (χ0) is 26.1. The Labute approximate surface area is 226 Å². The maximum absolute atomic E-state index is 11.0. The average Bonchev–Trinajstić information content (AvgIpc) is 3.19. The molecule has 4 fully saturated rings. The second-order valence-corrected chi connectivity index (χ2v) is 15.5. The molecule has 2 unspecified atom stereocenters. The van der Waals surface area contributed by atoms with E-state index in [-0.39, 0.29) is 6.10 Å². The first-order valence-electron chi connectivity index (χ1n) is 16.8. The zero-order valence-corrected chi connectivity index (χ0v) is 25.5. The number of aliphatic hydroxyl groups is 1. The molecule has 0 spiro atoms. The quantitative estimate of drug-likeness (QED) is 0.299. The minimum atomic E-state index is -0.0373. The van der Waals surface area contributed by atoms with Gasteiger partial charge in [-0.25, -0.2) is 0 Å².